The molecule has 2 saturated carbocycles. The summed E-state index contributed by atoms with van der Waals surface area (Å²) in [7, 11) is 2.97. The maximum atomic E-state index is 12.8. The van der Waals surface area contributed by atoms with Crippen LogP contribution in [0.4, 0.5) is 5.69 Å². The number of anilines is 1. The molecule has 5 atom stereocenters. The molecule has 9 heteroatoms. The minimum Gasteiger partial charge on any atom is -0.497 e. The van der Waals surface area contributed by atoms with Crippen molar-refractivity contribution < 1.29 is 33.4 Å². The third-order valence-electron chi connectivity index (χ3n) is 6.72. The number of methoxy groups -OCH3 is 2. The molecule has 2 bridgehead atoms. The standard InChI is InChI=1S/C22H26N2O7/c1-11(24-20(26)18-12-4-5-13(8-12)19(18)21(24)27)22(28)31-10-17(25)23-15-7-6-14(29-2)9-16(15)30-3/h6-7,9,11-13,18-19H,4-5,8,10H2,1-3H3,(H,23,25)/t11-,12-,13-,18-,19-/m0/s1. The molecule has 1 saturated heterocycles. The van der Waals surface area contributed by atoms with Crippen LogP contribution >= 0.6 is 0 Å². The summed E-state index contributed by atoms with van der Waals surface area (Å²) in [5.74, 6) is -1.08. The van der Waals surface area contributed by atoms with Crippen LogP contribution in [0.1, 0.15) is 26.2 Å². The van der Waals surface area contributed by atoms with E-state index in [0.717, 1.165) is 24.2 Å². The van der Waals surface area contributed by atoms with Crippen LogP contribution in [-0.4, -0.2) is 55.5 Å². The van der Waals surface area contributed by atoms with E-state index >= 15 is 0 Å². The summed E-state index contributed by atoms with van der Waals surface area (Å²) in [5, 5.41) is 2.60. The Kier molecular flexibility index (Phi) is 5.60. The molecular formula is C22H26N2O7. The smallest absolute Gasteiger partial charge is 0.329 e. The SMILES string of the molecule is COc1ccc(NC(=O)COC(=O)[C@H](C)N2C(=O)[C@H]3[C@H]4CC[C@@H](C4)[C@@H]3C2=O)c(OC)c1. The third kappa shape index (κ3) is 3.62. The summed E-state index contributed by atoms with van der Waals surface area (Å²) < 4.78 is 15.4. The average molecular weight is 430 g/mol. The first-order chi connectivity index (χ1) is 14.8. The van der Waals surface area contributed by atoms with E-state index in [1.54, 1.807) is 18.2 Å². The van der Waals surface area contributed by atoms with Crippen molar-refractivity contribution in [2.45, 2.75) is 32.2 Å². The number of rotatable bonds is 7. The molecule has 0 aromatic heterocycles. The molecule has 1 aromatic carbocycles. The quantitative estimate of drug-likeness (QED) is 0.517. The van der Waals surface area contributed by atoms with Crippen LogP contribution in [0.3, 0.4) is 0 Å². The summed E-state index contributed by atoms with van der Waals surface area (Å²) in [6.45, 7) is 0.915. The number of nitrogens with one attached hydrogen (secondary N) is 1. The molecule has 31 heavy (non-hydrogen) atoms. The summed E-state index contributed by atoms with van der Waals surface area (Å²) in [5.41, 5.74) is 0.394. The molecule has 1 N–H and O–H groups in total. The molecule has 3 fully saturated rings. The summed E-state index contributed by atoms with van der Waals surface area (Å²) in [6.07, 6.45) is 2.85. The number of hydrogen-bond donors (Lipinski definition) is 1. The van der Waals surface area contributed by atoms with Gasteiger partial charge in [0.2, 0.25) is 11.8 Å². The van der Waals surface area contributed by atoms with Crippen molar-refractivity contribution in [3.8, 4) is 11.5 Å². The van der Waals surface area contributed by atoms with Crippen molar-refractivity contribution in [1.82, 2.24) is 4.90 Å². The number of likely N-dealkylation sites (tertiary alicyclic amines) is 1. The number of fused-ring (bicyclic) bond motifs is 5. The largest absolute Gasteiger partial charge is 0.497 e. The Hall–Kier alpha value is -3.10. The topological polar surface area (TPSA) is 111 Å². The Morgan fingerprint density at radius 3 is 2.32 bits per heavy atom. The Morgan fingerprint density at radius 1 is 1.10 bits per heavy atom. The zero-order chi connectivity index (χ0) is 22.3. The van der Waals surface area contributed by atoms with Gasteiger partial charge in [0.15, 0.2) is 6.61 Å². The number of amides is 3. The van der Waals surface area contributed by atoms with Crippen molar-refractivity contribution in [2.24, 2.45) is 23.7 Å². The van der Waals surface area contributed by atoms with Crippen molar-refractivity contribution in [3.63, 3.8) is 0 Å². The highest BCUT2D eigenvalue weighted by atomic mass is 16.5. The van der Waals surface area contributed by atoms with E-state index in [1.807, 2.05) is 0 Å². The fourth-order valence-electron chi connectivity index (χ4n) is 5.26. The molecule has 1 aliphatic heterocycles. The number of carbonyl (C=O) groups is 4. The van der Waals surface area contributed by atoms with E-state index in [2.05, 4.69) is 5.32 Å². The van der Waals surface area contributed by atoms with Crippen molar-refractivity contribution in [2.75, 3.05) is 26.1 Å². The van der Waals surface area contributed by atoms with Crippen LogP contribution in [0.15, 0.2) is 18.2 Å². The summed E-state index contributed by atoms with van der Waals surface area (Å²) >= 11 is 0. The highest BCUT2D eigenvalue weighted by Crippen LogP contribution is 2.56. The molecular weight excluding hydrogens is 404 g/mol. The van der Waals surface area contributed by atoms with Gasteiger partial charge >= 0.3 is 5.97 Å². The lowest BCUT2D eigenvalue weighted by Gasteiger charge is -2.23. The van der Waals surface area contributed by atoms with Gasteiger partial charge in [-0.25, -0.2) is 4.79 Å². The molecule has 3 amide bonds. The van der Waals surface area contributed by atoms with Crippen LogP contribution in [0.2, 0.25) is 0 Å². The number of hydrogen-bond acceptors (Lipinski definition) is 7. The Balaban J connectivity index is 1.34. The van der Waals surface area contributed by atoms with E-state index in [9.17, 15) is 19.2 Å². The third-order valence-corrected chi connectivity index (χ3v) is 6.72. The first kappa shape index (κ1) is 21.1. The van der Waals surface area contributed by atoms with Crippen molar-refractivity contribution >= 4 is 29.4 Å². The second-order valence-electron chi connectivity index (χ2n) is 8.33. The minimum absolute atomic E-state index is 0.241. The van der Waals surface area contributed by atoms with Crippen LogP contribution in [0.25, 0.3) is 0 Å². The number of nitrogens with zero attached hydrogens (tertiary/aromatic N) is 1. The minimum atomic E-state index is -1.06. The number of benzene rings is 1. The molecule has 4 rings (SSSR count). The van der Waals surface area contributed by atoms with E-state index in [1.165, 1.54) is 21.1 Å². The highest BCUT2D eigenvalue weighted by Gasteiger charge is 2.62. The number of ether oxygens (including phenoxy) is 3. The van der Waals surface area contributed by atoms with Crippen LogP contribution in [0.5, 0.6) is 11.5 Å². The maximum absolute atomic E-state index is 12.8. The lowest BCUT2D eigenvalue weighted by molar-refractivity contribution is -0.159. The first-order valence-corrected chi connectivity index (χ1v) is 10.4. The van der Waals surface area contributed by atoms with Gasteiger partial charge in [-0.3, -0.25) is 19.3 Å². The van der Waals surface area contributed by atoms with Crippen LogP contribution in [-0.2, 0) is 23.9 Å². The van der Waals surface area contributed by atoms with Gasteiger partial charge in [0.05, 0.1) is 31.7 Å². The predicted molar refractivity (Wildman–Crippen MR) is 108 cm³/mol. The average Bonchev–Trinajstić information content (AvgIpc) is 3.45. The fraction of sp³-hybridized carbons (Fsp3) is 0.545. The zero-order valence-electron chi connectivity index (χ0n) is 17.8. The van der Waals surface area contributed by atoms with E-state index in [4.69, 9.17) is 14.2 Å². The second kappa shape index (κ2) is 8.20. The predicted octanol–water partition coefficient (Wildman–Crippen LogP) is 1.61. The molecule has 3 aliphatic rings. The van der Waals surface area contributed by atoms with Gasteiger partial charge < -0.3 is 19.5 Å². The van der Waals surface area contributed by atoms with Gasteiger partial charge in [0, 0.05) is 6.07 Å². The van der Waals surface area contributed by atoms with Crippen molar-refractivity contribution in [1.29, 1.82) is 0 Å². The number of imide groups is 1. The van der Waals surface area contributed by atoms with Gasteiger partial charge in [0.25, 0.3) is 5.91 Å². The highest BCUT2D eigenvalue weighted by molar-refractivity contribution is 6.08. The van der Waals surface area contributed by atoms with E-state index in [0.29, 0.717) is 17.2 Å². The lowest BCUT2D eigenvalue weighted by atomic mass is 9.81. The Labute approximate surface area is 180 Å². The maximum Gasteiger partial charge on any atom is 0.329 e. The summed E-state index contributed by atoms with van der Waals surface area (Å²) in [4.78, 5) is 51.4. The Bertz CT molecular complexity index is 902. The van der Waals surface area contributed by atoms with Gasteiger partial charge in [-0.05, 0) is 50.2 Å². The van der Waals surface area contributed by atoms with Gasteiger partial charge in [-0.1, -0.05) is 0 Å². The van der Waals surface area contributed by atoms with E-state index in [-0.39, 0.29) is 35.5 Å². The molecule has 0 spiro atoms. The second-order valence-corrected chi connectivity index (χ2v) is 8.33. The molecule has 2 aliphatic carbocycles. The zero-order valence-corrected chi connectivity index (χ0v) is 17.8. The normalized spacial score (nSPS) is 27.1. The van der Waals surface area contributed by atoms with E-state index < -0.39 is 24.5 Å². The first-order valence-electron chi connectivity index (χ1n) is 10.4. The van der Waals surface area contributed by atoms with Crippen molar-refractivity contribution in [3.05, 3.63) is 18.2 Å². The van der Waals surface area contributed by atoms with Gasteiger partial charge in [-0.2, -0.15) is 0 Å². The van der Waals surface area contributed by atoms with Crippen LogP contribution in [0, 0.1) is 23.7 Å². The summed E-state index contributed by atoms with van der Waals surface area (Å²) in [6, 6.07) is 3.81. The number of esters is 1. The fourth-order valence-corrected chi connectivity index (χ4v) is 5.26. The van der Waals surface area contributed by atoms with Gasteiger partial charge in [-0.15, -0.1) is 0 Å². The molecule has 166 valence electrons. The lowest BCUT2D eigenvalue weighted by Crippen LogP contribution is -2.45. The Morgan fingerprint density at radius 2 is 1.74 bits per heavy atom. The monoisotopic (exact) mass is 430 g/mol. The van der Waals surface area contributed by atoms with Gasteiger partial charge in [0.1, 0.15) is 17.5 Å². The molecule has 1 aromatic rings. The molecule has 0 unspecified atom stereocenters. The number of carbonyl (C=O) groups excluding carboxylic acids is 4. The molecule has 9 nitrogen and oxygen atoms in total. The molecule has 0 radical (unpaired) electrons. The molecule has 1 heterocycles. The van der Waals surface area contributed by atoms with Crippen LogP contribution < -0.4 is 14.8 Å².